The molecule has 0 unspecified atom stereocenters. The minimum Gasteiger partial charge on any atom is -0.463 e. The molecule has 2 fully saturated rings. The van der Waals surface area contributed by atoms with Crippen molar-refractivity contribution in [2.75, 3.05) is 62.8 Å². The third-order valence-corrected chi connectivity index (χ3v) is 8.28. The summed E-state index contributed by atoms with van der Waals surface area (Å²) in [5.74, 6) is 0.961. The lowest BCUT2D eigenvalue weighted by atomic mass is 9.99. The summed E-state index contributed by atoms with van der Waals surface area (Å²) in [6.45, 7) is 7.22. The zero-order chi connectivity index (χ0) is 28.3. The number of benzene rings is 2. The van der Waals surface area contributed by atoms with Crippen molar-refractivity contribution in [1.82, 2.24) is 20.2 Å². The number of ether oxygens (including phenoxy) is 2. The van der Waals surface area contributed by atoms with E-state index in [9.17, 15) is 10.1 Å². The first kappa shape index (κ1) is 27.2. The van der Waals surface area contributed by atoms with Crippen molar-refractivity contribution in [2.24, 2.45) is 0 Å². The second-order valence-electron chi connectivity index (χ2n) is 11.0. The number of carbonyl (C=O) groups excluding carboxylic acids is 1. The number of piperazine rings is 1. The molecule has 3 aromatic rings. The molecule has 1 N–H and O–H groups in total. The van der Waals surface area contributed by atoms with Crippen LogP contribution >= 0.6 is 0 Å². The fraction of sp³-hybridized carbons (Fsp3) is 0.484. The number of rotatable bonds is 9. The maximum Gasteiger partial charge on any atom is 0.318 e. The molecule has 41 heavy (non-hydrogen) atoms. The predicted molar refractivity (Wildman–Crippen MR) is 157 cm³/mol. The van der Waals surface area contributed by atoms with Gasteiger partial charge in [-0.15, -0.1) is 0 Å². The quantitative estimate of drug-likeness (QED) is 0.314. The van der Waals surface area contributed by atoms with E-state index < -0.39 is 0 Å². The molecule has 0 saturated carbocycles. The SMILES string of the molecule is COCCCOc1nc2c(c(N3CCN(C(=O)[C@H]4CN4)[C@@H](CC#N)C3)n1)CCN(c1cccc3cccc(C)c13)C2. The number of carbonyl (C=O) groups is 1. The van der Waals surface area contributed by atoms with E-state index in [2.05, 4.69) is 64.5 Å². The van der Waals surface area contributed by atoms with Crippen molar-refractivity contribution >= 4 is 28.2 Å². The van der Waals surface area contributed by atoms with E-state index in [0.717, 1.165) is 36.5 Å². The number of anilines is 2. The summed E-state index contributed by atoms with van der Waals surface area (Å²) in [6.07, 6.45) is 1.83. The van der Waals surface area contributed by atoms with Gasteiger partial charge in [0.1, 0.15) is 5.82 Å². The Labute approximate surface area is 240 Å². The van der Waals surface area contributed by atoms with E-state index in [0.29, 0.717) is 51.9 Å². The number of methoxy groups -OCH3 is 1. The summed E-state index contributed by atoms with van der Waals surface area (Å²) in [5.41, 5.74) is 4.56. The third kappa shape index (κ3) is 5.65. The molecule has 0 bridgehead atoms. The van der Waals surface area contributed by atoms with Gasteiger partial charge in [-0.2, -0.15) is 15.2 Å². The van der Waals surface area contributed by atoms with Gasteiger partial charge in [-0.05, 0) is 30.4 Å². The summed E-state index contributed by atoms with van der Waals surface area (Å²) < 4.78 is 11.2. The van der Waals surface area contributed by atoms with E-state index in [-0.39, 0.29) is 24.4 Å². The molecule has 214 valence electrons. The van der Waals surface area contributed by atoms with Crippen LogP contribution in [0.5, 0.6) is 6.01 Å². The highest BCUT2D eigenvalue weighted by atomic mass is 16.5. The van der Waals surface area contributed by atoms with Gasteiger partial charge in [0.2, 0.25) is 5.91 Å². The summed E-state index contributed by atoms with van der Waals surface area (Å²) in [7, 11) is 1.68. The van der Waals surface area contributed by atoms with Gasteiger partial charge in [0.25, 0.3) is 0 Å². The predicted octanol–water partition coefficient (Wildman–Crippen LogP) is 2.82. The van der Waals surface area contributed by atoms with Crippen LogP contribution in [0.1, 0.15) is 29.7 Å². The van der Waals surface area contributed by atoms with Gasteiger partial charge in [0.15, 0.2) is 0 Å². The summed E-state index contributed by atoms with van der Waals surface area (Å²) >= 11 is 0. The van der Waals surface area contributed by atoms with Crippen LogP contribution in [0.3, 0.4) is 0 Å². The van der Waals surface area contributed by atoms with Gasteiger partial charge in [-0.3, -0.25) is 4.79 Å². The van der Waals surface area contributed by atoms with Crippen molar-refractivity contribution in [3.05, 3.63) is 53.2 Å². The average molecular weight is 556 g/mol. The number of nitrogens with zero attached hydrogens (tertiary/aromatic N) is 6. The smallest absolute Gasteiger partial charge is 0.318 e. The zero-order valence-electron chi connectivity index (χ0n) is 23.8. The van der Waals surface area contributed by atoms with E-state index in [1.54, 1.807) is 7.11 Å². The summed E-state index contributed by atoms with van der Waals surface area (Å²) in [6, 6.07) is 15.3. The van der Waals surface area contributed by atoms with Crippen LogP contribution in [0.15, 0.2) is 36.4 Å². The minimum atomic E-state index is -0.181. The fourth-order valence-corrected chi connectivity index (χ4v) is 6.11. The highest BCUT2D eigenvalue weighted by molar-refractivity contribution is 5.97. The molecule has 10 heteroatoms. The van der Waals surface area contributed by atoms with Crippen LogP contribution in [-0.2, 0) is 22.5 Å². The van der Waals surface area contributed by atoms with Gasteiger partial charge < -0.3 is 29.5 Å². The molecular weight excluding hydrogens is 518 g/mol. The summed E-state index contributed by atoms with van der Waals surface area (Å²) in [4.78, 5) is 29.2. The molecule has 2 aromatic carbocycles. The van der Waals surface area contributed by atoms with Crippen LogP contribution in [0.25, 0.3) is 10.8 Å². The second kappa shape index (κ2) is 11.9. The van der Waals surface area contributed by atoms with E-state index in [4.69, 9.17) is 19.4 Å². The Hall–Kier alpha value is -3.94. The highest BCUT2D eigenvalue weighted by Crippen LogP contribution is 2.36. The van der Waals surface area contributed by atoms with Crippen LogP contribution in [0, 0.1) is 18.3 Å². The molecule has 3 aliphatic rings. The van der Waals surface area contributed by atoms with Gasteiger partial charge in [0, 0.05) is 69.5 Å². The highest BCUT2D eigenvalue weighted by Gasteiger charge is 2.39. The number of amides is 1. The summed E-state index contributed by atoms with van der Waals surface area (Å²) in [5, 5.41) is 15.2. The molecule has 10 nitrogen and oxygen atoms in total. The molecule has 6 rings (SSSR count). The Kier molecular flexibility index (Phi) is 7.90. The number of aromatic nitrogens is 2. The largest absolute Gasteiger partial charge is 0.463 e. The van der Waals surface area contributed by atoms with Crippen LogP contribution in [-0.4, -0.2) is 85.9 Å². The van der Waals surface area contributed by atoms with Crippen LogP contribution in [0.4, 0.5) is 11.5 Å². The third-order valence-electron chi connectivity index (χ3n) is 8.28. The van der Waals surface area contributed by atoms with Crippen molar-refractivity contribution in [3.63, 3.8) is 0 Å². The standard InChI is InChI=1S/C31H37N7O3/c1-21-6-3-7-22-8-4-9-27(28(21)22)36-13-11-24-26(20-36)34-31(41-17-5-16-40-2)35-29(24)37-14-15-38(23(19-37)10-12-32)30(39)25-18-33-25/h3-4,6-9,23,25,33H,5,10-11,13-20H2,1-2H3/t23-,25+/m0/s1. The lowest BCUT2D eigenvalue weighted by Crippen LogP contribution is -2.57. The molecule has 1 aromatic heterocycles. The van der Waals surface area contributed by atoms with Gasteiger partial charge in [-0.25, -0.2) is 0 Å². The lowest BCUT2D eigenvalue weighted by molar-refractivity contribution is -0.133. The van der Waals surface area contributed by atoms with Gasteiger partial charge >= 0.3 is 6.01 Å². The molecule has 2 saturated heterocycles. The van der Waals surface area contributed by atoms with E-state index >= 15 is 0 Å². The van der Waals surface area contributed by atoms with Crippen LogP contribution in [0.2, 0.25) is 0 Å². The first-order chi connectivity index (χ1) is 20.1. The van der Waals surface area contributed by atoms with E-state index in [1.165, 1.54) is 22.0 Å². The number of hydrogen-bond acceptors (Lipinski definition) is 9. The topological polar surface area (TPSA) is 117 Å². The monoisotopic (exact) mass is 555 g/mol. The van der Waals surface area contributed by atoms with Gasteiger partial charge in [-0.1, -0.05) is 30.3 Å². The lowest BCUT2D eigenvalue weighted by Gasteiger charge is -2.42. The molecule has 0 radical (unpaired) electrons. The maximum absolute atomic E-state index is 12.9. The second-order valence-corrected chi connectivity index (χ2v) is 11.0. The Morgan fingerprint density at radius 3 is 2.73 bits per heavy atom. The number of nitrogens with one attached hydrogen (secondary N) is 1. The molecule has 0 spiro atoms. The Morgan fingerprint density at radius 2 is 1.95 bits per heavy atom. The minimum absolute atomic E-state index is 0.0952. The first-order valence-corrected chi connectivity index (χ1v) is 14.5. The van der Waals surface area contributed by atoms with Crippen molar-refractivity contribution < 1.29 is 14.3 Å². The number of hydrogen-bond donors (Lipinski definition) is 1. The molecule has 3 aliphatic heterocycles. The number of fused-ring (bicyclic) bond motifs is 2. The van der Waals surface area contributed by atoms with Crippen molar-refractivity contribution in [3.8, 4) is 12.1 Å². The average Bonchev–Trinajstić information content (AvgIpc) is 3.84. The van der Waals surface area contributed by atoms with E-state index in [1.807, 2.05) is 4.90 Å². The normalized spacial score (nSPS) is 20.1. The Morgan fingerprint density at radius 1 is 1.12 bits per heavy atom. The van der Waals surface area contributed by atoms with Gasteiger partial charge in [0.05, 0.1) is 43.4 Å². The number of nitriles is 1. The molecule has 1 amide bonds. The molecule has 0 aliphatic carbocycles. The maximum atomic E-state index is 12.9. The van der Waals surface area contributed by atoms with Crippen molar-refractivity contribution in [2.45, 2.75) is 44.8 Å². The van der Waals surface area contributed by atoms with Crippen molar-refractivity contribution in [1.29, 1.82) is 5.26 Å². The molecule has 4 heterocycles. The first-order valence-electron chi connectivity index (χ1n) is 14.5. The van der Waals surface area contributed by atoms with Crippen LogP contribution < -0.4 is 19.9 Å². The number of aryl methyl sites for hydroxylation is 1. The fourth-order valence-electron chi connectivity index (χ4n) is 6.11. The molecule has 2 atom stereocenters. The molecular formula is C31H37N7O3. The Bertz CT molecular complexity index is 1460. The Balaban J connectivity index is 1.31. The zero-order valence-corrected chi connectivity index (χ0v) is 23.8.